The molecule has 0 amide bonds. The molecule has 1 spiro atoms. The molecule has 0 radical (unpaired) electrons. The Morgan fingerprint density at radius 1 is 1.00 bits per heavy atom. The monoisotopic (exact) mass is 645 g/mol. The summed E-state index contributed by atoms with van der Waals surface area (Å²) in [6.07, 6.45) is -5.49. The summed E-state index contributed by atoms with van der Waals surface area (Å²) in [7, 11) is 6.27. The van der Waals surface area contributed by atoms with Crippen LogP contribution in [0.25, 0.3) is 0 Å². The Morgan fingerprint density at radius 3 is 2.30 bits per heavy atom. The van der Waals surface area contributed by atoms with Crippen LogP contribution < -0.4 is 0 Å². The molecule has 1 aromatic rings. The van der Waals surface area contributed by atoms with E-state index in [1.807, 2.05) is 6.92 Å². The van der Waals surface area contributed by atoms with Gasteiger partial charge in [0, 0.05) is 83.0 Å². The molecule has 4 unspecified atom stereocenters. The van der Waals surface area contributed by atoms with Gasteiger partial charge in [-0.05, 0) is 31.0 Å². The molecule has 12 nitrogen and oxygen atoms in total. The molecule has 15 atom stereocenters. The summed E-state index contributed by atoms with van der Waals surface area (Å²) in [5, 5.41) is 37.3. The standard InChI is InChI=1S/C34H47NO11/c1-7-35-15-31(16-41-3)20(37)13-21(42-4)33-19-14-32(40)28(45-30(39)18-11-9-8-10-12-18)22(19)34(46-17(2)36,27(38)29(32)44-6)23(26(33)35)24(43-5)25(31)33/h8-12,19-29,37-38,40H,7,13-16H2,1-6H3/t19-,20-,21-,22-,23?,24?,25?,26-,27+,28-,29+,31+,32-,33?,34-/m1/s1. The Hall–Kier alpha value is -2.16. The summed E-state index contributed by atoms with van der Waals surface area (Å²) >= 11 is 0. The minimum absolute atomic E-state index is 0.0791. The Bertz CT molecular complexity index is 1360. The van der Waals surface area contributed by atoms with E-state index in [4.69, 9.17) is 28.4 Å². The fraction of sp³-hybridized carbons (Fsp3) is 0.765. The highest BCUT2D eigenvalue weighted by Crippen LogP contribution is 2.80. The summed E-state index contributed by atoms with van der Waals surface area (Å²) in [4.78, 5) is 29.3. The number of nitrogens with zero attached hydrogens (tertiary/aromatic N) is 1. The van der Waals surface area contributed by atoms with Gasteiger partial charge in [0.05, 0.1) is 30.5 Å². The van der Waals surface area contributed by atoms with Gasteiger partial charge in [0.15, 0.2) is 5.60 Å². The molecule has 1 heterocycles. The van der Waals surface area contributed by atoms with E-state index in [1.165, 1.54) is 14.0 Å². The molecule has 7 bridgehead atoms. The molecule has 12 heteroatoms. The minimum atomic E-state index is -1.83. The maximum absolute atomic E-state index is 13.8. The summed E-state index contributed by atoms with van der Waals surface area (Å²) < 4.78 is 37.4. The first kappa shape index (κ1) is 32.4. The SMILES string of the molecule is CCN1C[C@@]2(COC)C3C(OC)C4[C@@H]1C3([C@@H]1C[C@@]3(O)[C@H](OC(=O)c5ccccc5)[C@@H]1[C@]4(OC(C)=O)[C@@H](O)[C@@H]3OC)[C@H](OC)C[C@H]2O. The van der Waals surface area contributed by atoms with Crippen molar-refractivity contribution in [2.24, 2.45) is 34.5 Å². The number of aliphatic hydroxyl groups is 3. The lowest BCUT2D eigenvalue weighted by Crippen LogP contribution is -2.81. The van der Waals surface area contributed by atoms with Crippen LogP contribution in [0.2, 0.25) is 0 Å². The van der Waals surface area contributed by atoms with Gasteiger partial charge in [-0.15, -0.1) is 0 Å². The van der Waals surface area contributed by atoms with Crippen molar-refractivity contribution in [2.75, 3.05) is 48.1 Å². The molecule has 6 aliphatic rings. The first-order valence-corrected chi connectivity index (χ1v) is 16.3. The Kier molecular flexibility index (Phi) is 7.69. The second-order valence-corrected chi connectivity index (χ2v) is 14.4. The molecule has 5 aliphatic carbocycles. The van der Waals surface area contributed by atoms with Gasteiger partial charge in [-0.1, -0.05) is 25.1 Å². The molecule has 0 aromatic heterocycles. The quantitative estimate of drug-likeness (QED) is 0.323. The topological polar surface area (TPSA) is 153 Å². The second kappa shape index (κ2) is 10.9. The highest BCUT2D eigenvalue weighted by atomic mass is 16.6. The van der Waals surface area contributed by atoms with Crippen LogP contribution in [0.15, 0.2) is 30.3 Å². The van der Waals surface area contributed by atoms with E-state index in [0.717, 1.165) is 0 Å². The van der Waals surface area contributed by atoms with Gasteiger partial charge < -0.3 is 43.7 Å². The Labute approximate surface area is 269 Å². The number of hydrogen-bond donors (Lipinski definition) is 3. The lowest BCUT2D eigenvalue weighted by atomic mass is 9.42. The van der Waals surface area contributed by atoms with E-state index in [1.54, 1.807) is 51.7 Å². The number of esters is 2. The zero-order valence-electron chi connectivity index (χ0n) is 27.3. The number of ether oxygens (including phenoxy) is 6. The van der Waals surface area contributed by atoms with Crippen LogP contribution in [0.4, 0.5) is 0 Å². The van der Waals surface area contributed by atoms with E-state index in [2.05, 4.69) is 4.90 Å². The third kappa shape index (κ3) is 3.62. The number of benzene rings is 1. The van der Waals surface area contributed by atoms with E-state index < -0.39 is 88.3 Å². The number of carbonyl (C=O) groups is 2. The van der Waals surface area contributed by atoms with Crippen LogP contribution in [0, 0.1) is 34.5 Å². The number of likely N-dealkylation sites (tertiary alicyclic amines) is 1. The van der Waals surface area contributed by atoms with Gasteiger partial charge in [0.25, 0.3) is 0 Å². The van der Waals surface area contributed by atoms with Gasteiger partial charge in [0.2, 0.25) is 0 Å². The van der Waals surface area contributed by atoms with E-state index in [9.17, 15) is 24.9 Å². The van der Waals surface area contributed by atoms with Crippen LogP contribution in [0.5, 0.6) is 0 Å². The number of methoxy groups -OCH3 is 4. The highest BCUT2D eigenvalue weighted by Gasteiger charge is 2.92. The van der Waals surface area contributed by atoms with E-state index >= 15 is 0 Å². The van der Waals surface area contributed by atoms with Gasteiger partial charge in [-0.25, -0.2) is 4.79 Å². The second-order valence-electron chi connectivity index (χ2n) is 14.4. The molecule has 7 rings (SSSR count). The predicted molar refractivity (Wildman–Crippen MR) is 160 cm³/mol. The molecule has 46 heavy (non-hydrogen) atoms. The van der Waals surface area contributed by atoms with Crippen LogP contribution in [0.3, 0.4) is 0 Å². The van der Waals surface area contributed by atoms with Crippen molar-refractivity contribution in [3.05, 3.63) is 35.9 Å². The van der Waals surface area contributed by atoms with Gasteiger partial charge in [-0.2, -0.15) is 0 Å². The van der Waals surface area contributed by atoms with Crippen LogP contribution in [-0.4, -0.2) is 134 Å². The van der Waals surface area contributed by atoms with Crippen molar-refractivity contribution in [1.82, 2.24) is 4.90 Å². The van der Waals surface area contributed by atoms with Crippen molar-refractivity contribution in [1.29, 1.82) is 0 Å². The van der Waals surface area contributed by atoms with Crippen molar-refractivity contribution in [2.45, 2.75) is 80.6 Å². The average Bonchev–Trinajstić information content (AvgIpc) is 3.41. The first-order chi connectivity index (χ1) is 22.0. The molecule has 254 valence electrons. The third-order valence-electron chi connectivity index (χ3n) is 13.2. The maximum atomic E-state index is 13.8. The number of hydrogen-bond acceptors (Lipinski definition) is 12. The van der Waals surface area contributed by atoms with Crippen molar-refractivity contribution in [3.63, 3.8) is 0 Å². The maximum Gasteiger partial charge on any atom is 0.338 e. The Balaban J connectivity index is 1.53. The zero-order valence-corrected chi connectivity index (χ0v) is 27.3. The lowest BCUT2D eigenvalue weighted by Gasteiger charge is -2.70. The third-order valence-corrected chi connectivity index (χ3v) is 13.2. The fourth-order valence-electron chi connectivity index (χ4n) is 12.3. The summed E-state index contributed by atoms with van der Waals surface area (Å²) in [6.45, 7) is 4.68. The largest absolute Gasteiger partial charge is 0.455 e. The molecule has 3 N–H and O–H groups in total. The molecular formula is C34H47NO11. The summed E-state index contributed by atoms with van der Waals surface area (Å²) in [5.41, 5.74) is -4.79. The van der Waals surface area contributed by atoms with E-state index in [0.29, 0.717) is 25.1 Å². The van der Waals surface area contributed by atoms with Gasteiger partial charge in [-0.3, -0.25) is 9.69 Å². The fourth-order valence-corrected chi connectivity index (χ4v) is 12.3. The summed E-state index contributed by atoms with van der Waals surface area (Å²) in [5.74, 6) is -3.65. The Morgan fingerprint density at radius 2 is 1.72 bits per heavy atom. The smallest absolute Gasteiger partial charge is 0.338 e. The molecule has 5 saturated carbocycles. The predicted octanol–water partition coefficient (Wildman–Crippen LogP) is 0.648. The number of aliphatic hydroxyl groups excluding tert-OH is 2. The van der Waals surface area contributed by atoms with E-state index in [-0.39, 0.29) is 25.0 Å². The minimum Gasteiger partial charge on any atom is -0.455 e. The van der Waals surface area contributed by atoms with Crippen LogP contribution in [0.1, 0.15) is 37.0 Å². The van der Waals surface area contributed by atoms with Crippen LogP contribution in [-0.2, 0) is 33.2 Å². The van der Waals surface area contributed by atoms with Crippen molar-refractivity contribution >= 4 is 11.9 Å². The number of carbonyl (C=O) groups excluding carboxylic acids is 2. The molecule has 6 fully saturated rings. The van der Waals surface area contributed by atoms with Gasteiger partial charge in [0.1, 0.15) is 23.9 Å². The number of rotatable bonds is 9. The van der Waals surface area contributed by atoms with Crippen molar-refractivity contribution in [3.8, 4) is 0 Å². The zero-order chi connectivity index (χ0) is 33.0. The molecule has 1 saturated heterocycles. The van der Waals surface area contributed by atoms with Crippen LogP contribution >= 0.6 is 0 Å². The number of fused-ring (bicyclic) bond motifs is 2. The normalized spacial score (nSPS) is 49.9. The highest BCUT2D eigenvalue weighted by molar-refractivity contribution is 5.89. The first-order valence-electron chi connectivity index (χ1n) is 16.3. The summed E-state index contributed by atoms with van der Waals surface area (Å²) in [6, 6.07) is 8.18. The molecule has 1 aliphatic heterocycles. The average molecular weight is 646 g/mol. The number of piperidine rings is 1. The van der Waals surface area contributed by atoms with Gasteiger partial charge >= 0.3 is 11.9 Å². The lowest BCUT2D eigenvalue weighted by molar-refractivity contribution is -0.322. The molecule has 1 aromatic carbocycles. The van der Waals surface area contributed by atoms with Crippen molar-refractivity contribution < 1.29 is 53.3 Å². The molecular weight excluding hydrogens is 598 g/mol.